The normalized spacial score (nSPS) is 17.8. The molecule has 4 heterocycles. The van der Waals surface area contributed by atoms with E-state index in [1.807, 2.05) is 36.4 Å². The molecular weight excluding hydrogens is 946 g/mol. The van der Waals surface area contributed by atoms with Gasteiger partial charge >= 0.3 is 0 Å². The van der Waals surface area contributed by atoms with E-state index in [1.54, 1.807) is 24.5 Å². The number of nitrogens with zero attached hydrogens (tertiary/aromatic N) is 10. The third-order valence-corrected chi connectivity index (χ3v) is 11.9. The lowest BCUT2D eigenvalue weighted by atomic mass is 10.0. The minimum absolute atomic E-state index is 0.0706. The highest BCUT2D eigenvalue weighted by Crippen LogP contribution is 2.47. The minimum atomic E-state index is -0.220. The quantitative estimate of drug-likeness (QED) is 0.0563. The molecule has 23 heteroatoms. The van der Waals surface area contributed by atoms with Gasteiger partial charge in [-0.3, -0.25) is 0 Å². The van der Waals surface area contributed by atoms with Crippen molar-refractivity contribution in [2.75, 3.05) is 60.2 Å². The number of halogens is 5. The summed E-state index contributed by atoms with van der Waals surface area (Å²) in [5.41, 5.74) is 26.7. The fourth-order valence-corrected chi connectivity index (χ4v) is 8.47. The molecule has 2 aromatic heterocycles. The van der Waals surface area contributed by atoms with Gasteiger partial charge in [0.25, 0.3) is 0 Å². The number of methoxy groups -OCH3 is 4. The van der Waals surface area contributed by atoms with Gasteiger partial charge in [0.2, 0.25) is 11.2 Å². The summed E-state index contributed by atoms with van der Waals surface area (Å²) in [6, 6.07) is 13.9. The maximum absolute atomic E-state index is 8.79. The number of nitrogens with two attached hydrogens (primary N) is 1. The highest BCUT2D eigenvalue weighted by Gasteiger charge is 2.26. The summed E-state index contributed by atoms with van der Waals surface area (Å²) in [5.74, 6) is 2.31. The molecule has 8 rings (SSSR count). The van der Waals surface area contributed by atoms with Crippen LogP contribution in [0.25, 0.3) is 64.9 Å². The van der Waals surface area contributed by atoms with Gasteiger partial charge in [-0.1, -0.05) is 68.8 Å². The molecule has 4 aromatic carbocycles. The number of nitrogens with one attached hydrogen (secondary N) is 1. The average molecular weight is 987 g/mol. The summed E-state index contributed by atoms with van der Waals surface area (Å²) in [6.45, 7) is 2.13. The lowest BCUT2D eigenvalue weighted by Gasteiger charge is -2.28. The van der Waals surface area contributed by atoms with E-state index in [1.165, 1.54) is 28.4 Å². The number of aromatic nitrogens is 4. The van der Waals surface area contributed by atoms with Gasteiger partial charge in [0.15, 0.2) is 0 Å². The van der Waals surface area contributed by atoms with Crippen LogP contribution in [-0.4, -0.2) is 99.0 Å². The molecule has 0 aliphatic carbocycles. The molecule has 6 aromatic rings. The number of anilines is 1. The first-order valence-corrected chi connectivity index (χ1v) is 21.5. The monoisotopic (exact) mass is 984 g/mol. The number of hydrogen-bond donors (Lipinski definition) is 2. The number of azide groups is 2. The average Bonchev–Trinajstić information content (AvgIpc) is 3.31. The SMILES string of the molecule is COc1cc(OC)c(Cl)c(-c2ccc3nc(Cl)ncc3c2)c1Cl.COc1cc(OC)c(Cl)c(-c2ccc3nc(N[C@@H]4COCC[C@@H]4N=[N+]=[N-])ncc3c2)c1Cl.[N-]=[N+]=N[C@H]1CCOC[C@H]1N. The van der Waals surface area contributed by atoms with Gasteiger partial charge in [0.1, 0.15) is 23.0 Å². The van der Waals surface area contributed by atoms with Crippen molar-refractivity contribution in [3.8, 4) is 45.3 Å². The molecule has 0 saturated carbocycles. The Kier molecular flexibility index (Phi) is 17.4. The third kappa shape index (κ3) is 11.7. The number of benzene rings is 4. The minimum Gasteiger partial charge on any atom is -0.495 e. The third-order valence-electron chi connectivity index (χ3n) is 10.3. The molecule has 0 amide bonds. The Bertz CT molecular complexity index is 2710. The van der Waals surface area contributed by atoms with Crippen molar-refractivity contribution in [1.82, 2.24) is 19.9 Å². The van der Waals surface area contributed by atoms with Gasteiger partial charge in [-0.15, -0.1) is 0 Å². The van der Waals surface area contributed by atoms with E-state index in [4.69, 9.17) is 103 Å². The molecule has 0 spiro atoms. The molecule has 2 saturated heterocycles. The lowest BCUT2D eigenvalue weighted by molar-refractivity contribution is 0.0712. The van der Waals surface area contributed by atoms with Gasteiger partial charge in [-0.2, -0.15) is 0 Å². The Morgan fingerprint density at radius 3 is 1.60 bits per heavy atom. The molecule has 0 unspecified atom stereocenters. The first kappa shape index (κ1) is 49.0. The van der Waals surface area contributed by atoms with E-state index in [-0.39, 0.29) is 29.5 Å². The summed E-state index contributed by atoms with van der Waals surface area (Å²) in [7, 11) is 6.14. The summed E-state index contributed by atoms with van der Waals surface area (Å²) in [6.07, 6.45) is 4.74. The molecule has 0 radical (unpaired) electrons. The van der Waals surface area contributed by atoms with Gasteiger partial charge < -0.3 is 39.5 Å². The molecule has 0 bridgehead atoms. The number of ether oxygens (including phenoxy) is 6. The Labute approximate surface area is 397 Å². The van der Waals surface area contributed by atoms with Crippen molar-refractivity contribution in [3.05, 3.63) is 107 Å². The number of hydrogen-bond acceptors (Lipinski definition) is 14. The molecule has 3 N–H and O–H groups in total. The maximum Gasteiger partial charge on any atom is 0.223 e. The van der Waals surface area contributed by atoms with E-state index in [2.05, 4.69) is 45.3 Å². The molecule has 2 aliphatic rings. The summed E-state index contributed by atoms with van der Waals surface area (Å²) < 4.78 is 31.9. The second kappa shape index (κ2) is 23.1. The first-order chi connectivity index (χ1) is 31.4. The molecule has 340 valence electrons. The fourth-order valence-electron chi connectivity index (χ4n) is 6.90. The van der Waals surface area contributed by atoms with Crippen LogP contribution in [0.2, 0.25) is 25.4 Å². The molecule has 18 nitrogen and oxygen atoms in total. The zero-order valence-electron chi connectivity index (χ0n) is 35.2. The maximum atomic E-state index is 8.79. The highest BCUT2D eigenvalue weighted by molar-refractivity contribution is 6.42. The zero-order chi connectivity index (χ0) is 46.6. The standard InChI is InChI=1S/C21H20Cl2N6O3.C16H11Cl3N2O2.C5H10N4O/c1-30-16-8-17(31-2)20(23)18(19(16)22)11-3-4-13-12(7-11)9-25-21(26-13)27-15-10-32-6-5-14(15)28-29-24;1-22-11-6-12(23-2)15(18)13(14(11)17)8-3-4-10-9(5-8)7-20-16(19)21-10;6-4-3-10-2-1-5(4)8-9-7/h3-4,7-9,14-15H,5-6,10H2,1-2H3,(H,25,26,27);3-7H,1-2H3;4-5H,1-3,6H2/t14-,15+;;4-,5+/m0.1/s1. The summed E-state index contributed by atoms with van der Waals surface area (Å²) in [5, 5.41) is 14.0. The Hall–Kier alpha value is -5.49. The van der Waals surface area contributed by atoms with Crippen LogP contribution < -0.4 is 30.0 Å². The predicted octanol–water partition coefficient (Wildman–Crippen LogP) is 11.2. The van der Waals surface area contributed by atoms with Crippen LogP contribution >= 0.6 is 58.0 Å². The van der Waals surface area contributed by atoms with Crippen LogP contribution in [0, 0.1) is 0 Å². The molecule has 4 atom stereocenters. The van der Waals surface area contributed by atoms with Crippen LogP contribution in [0.1, 0.15) is 12.8 Å². The predicted molar refractivity (Wildman–Crippen MR) is 253 cm³/mol. The second-order valence-corrected chi connectivity index (χ2v) is 16.0. The zero-order valence-corrected chi connectivity index (χ0v) is 39.0. The highest BCUT2D eigenvalue weighted by atomic mass is 35.5. The number of fused-ring (bicyclic) bond motifs is 2. The Morgan fingerprint density at radius 2 is 1.11 bits per heavy atom. The molecule has 2 fully saturated rings. The largest absolute Gasteiger partial charge is 0.495 e. The van der Waals surface area contributed by atoms with Gasteiger partial charge in [-0.05, 0) is 70.9 Å². The summed E-state index contributed by atoms with van der Waals surface area (Å²) >= 11 is 31.8. The summed E-state index contributed by atoms with van der Waals surface area (Å²) in [4.78, 5) is 22.8. The molecular formula is C42H41Cl5N12O6. The Morgan fingerprint density at radius 1 is 0.646 bits per heavy atom. The van der Waals surface area contributed by atoms with E-state index in [9.17, 15) is 0 Å². The van der Waals surface area contributed by atoms with Crippen LogP contribution in [0.4, 0.5) is 5.95 Å². The van der Waals surface area contributed by atoms with Crippen molar-refractivity contribution < 1.29 is 28.4 Å². The lowest BCUT2D eigenvalue weighted by Crippen LogP contribution is -2.42. The van der Waals surface area contributed by atoms with E-state index >= 15 is 0 Å². The van der Waals surface area contributed by atoms with Crippen molar-refractivity contribution >= 4 is 85.8 Å². The van der Waals surface area contributed by atoms with Gasteiger partial charge in [0, 0.05) is 75.5 Å². The smallest absolute Gasteiger partial charge is 0.223 e. The number of rotatable bonds is 10. The van der Waals surface area contributed by atoms with Crippen molar-refractivity contribution in [3.63, 3.8) is 0 Å². The first-order valence-electron chi connectivity index (χ1n) is 19.6. The van der Waals surface area contributed by atoms with Crippen molar-refractivity contribution in [2.45, 2.75) is 37.0 Å². The van der Waals surface area contributed by atoms with Crippen molar-refractivity contribution in [1.29, 1.82) is 0 Å². The van der Waals surface area contributed by atoms with Crippen LogP contribution in [0.15, 0.2) is 71.2 Å². The van der Waals surface area contributed by atoms with Crippen LogP contribution in [0.5, 0.6) is 23.0 Å². The van der Waals surface area contributed by atoms with E-state index in [0.717, 1.165) is 39.4 Å². The van der Waals surface area contributed by atoms with Crippen LogP contribution in [0.3, 0.4) is 0 Å². The second-order valence-electron chi connectivity index (χ2n) is 14.1. The van der Waals surface area contributed by atoms with Crippen molar-refractivity contribution in [2.24, 2.45) is 16.0 Å². The Balaban J connectivity index is 0.000000184. The molecule has 2 aliphatic heterocycles. The fraction of sp³-hybridized carbons (Fsp3) is 0.333. The van der Waals surface area contributed by atoms with E-state index < -0.39 is 0 Å². The topological polar surface area (TPSA) is 243 Å². The van der Waals surface area contributed by atoms with E-state index in [0.29, 0.717) is 93.0 Å². The van der Waals surface area contributed by atoms with Crippen LogP contribution in [-0.2, 0) is 9.47 Å². The molecule has 65 heavy (non-hydrogen) atoms. The van der Waals surface area contributed by atoms with Gasteiger partial charge in [0.05, 0.1) is 90.9 Å². The van der Waals surface area contributed by atoms with Gasteiger partial charge in [-0.25, -0.2) is 19.9 Å².